The zero-order chi connectivity index (χ0) is 24.1. The summed E-state index contributed by atoms with van der Waals surface area (Å²) in [6, 6.07) is 16.9. The normalized spacial score (nSPS) is 14.9. The average Bonchev–Trinajstić information content (AvgIpc) is 3.28. The zero-order valence-electron chi connectivity index (χ0n) is 20.4. The van der Waals surface area contributed by atoms with E-state index in [0.717, 1.165) is 39.7 Å². The molecular formula is C28H36N6. The highest BCUT2D eigenvalue weighted by molar-refractivity contribution is 5.71. The average molecular weight is 457 g/mol. The summed E-state index contributed by atoms with van der Waals surface area (Å²) in [6.07, 6.45) is 8.68. The highest BCUT2D eigenvalue weighted by atomic mass is 15.0. The fourth-order valence-corrected chi connectivity index (χ4v) is 3.78. The van der Waals surface area contributed by atoms with Gasteiger partial charge in [-0.15, -0.1) is 0 Å². The monoisotopic (exact) mass is 456 g/mol. The van der Waals surface area contributed by atoms with Crippen LogP contribution < -0.4 is 11.5 Å². The van der Waals surface area contributed by atoms with Crippen molar-refractivity contribution in [2.75, 3.05) is 0 Å². The minimum Gasteiger partial charge on any atom is -0.341 e. The van der Waals surface area contributed by atoms with Gasteiger partial charge in [-0.2, -0.15) is 0 Å². The van der Waals surface area contributed by atoms with Crippen LogP contribution in [0.5, 0.6) is 0 Å². The number of nitrogens with one attached hydrogen (secondary N) is 2. The SMILES string of the molecule is CC1(C(N)c2ncc(-c3ccc(-c4ccc(-c5cnc(CN)[nH]5)cc4)cc3)[nH]2)CC1.CCCC. The van der Waals surface area contributed by atoms with E-state index in [1.807, 2.05) is 12.4 Å². The first-order valence-corrected chi connectivity index (χ1v) is 12.2. The second kappa shape index (κ2) is 10.4. The molecule has 1 saturated carbocycles. The van der Waals surface area contributed by atoms with Gasteiger partial charge in [-0.05, 0) is 40.5 Å². The summed E-state index contributed by atoms with van der Waals surface area (Å²) >= 11 is 0. The molecular weight excluding hydrogens is 420 g/mol. The third-order valence-electron chi connectivity index (χ3n) is 6.73. The zero-order valence-corrected chi connectivity index (χ0v) is 20.4. The molecule has 6 nitrogen and oxygen atoms in total. The van der Waals surface area contributed by atoms with E-state index < -0.39 is 0 Å². The maximum absolute atomic E-state index is 6.38. The van der Waals surface area contributed by atoms with E-state index in [2.05, 4.69) is 89.2 Å². The van der Waals surface area contributed by atoms with Crippen molar-refractivity contribution in [3.05, 3.63) is 72.6 Å². The lowest BCUT2D eigenvalue weighted by atomic mass is 9.99. The second-order valence-corrected chi connectivity index (χ2v) is 9.42. The van der Waals surface area contributed by atoms with Crippen LogP contribution in [0.25, 0.3) is 33.6 Å². The number of H-pyrrole nitrogens is 2. The first-order chi connectivity index (χ1) is 16.5. The highest BCUT2D eigenvalue weighted by Gasteiger charge is 2.44. The summed E-state index contributed by atoms with van der Waals surface area (Å²) in [4.78, 5) is 15.4. The number of unbranched alkanes of at least 4 members (excludes halogenated alkanes) is 1. The molecule has 0 aliphatic heterocycles. The quantitative estimate of drug-likeness (QED) is 0.265. The first-order valence-electron chi connectivity index (χ1n) is 12.2. The molecule has 2 aromatic carbocycles. The van der Waals surface area contributed by atoms with Gasteiger partial charge in [-0.3, -0.25) is 0 Å². The van der Waals surface area contributed by atoms with Gasteiger partial charge in [0, 0.05) is 0 Å². The topological polar surface area (TPSA) is 109 Å². The van der Waals surface area contributed by atoms with Gasteiger partial charge in [0.05, 0.1) is 36.4 Å². The Morgan fingerprint density at radius 1 is 0.794 bits per heavy atom. The number of benzene rings is 2. The van der Waals surface area contributed by atoms with Crippen LogP contribution in [-0.2, 0) is 6.54 Å². The van der Waals surface area contributed by atoms with Crippen molar-refractivity contribution in [2.24, 2.45) is 16.9 Å². The minimum atomic E-state index is -0.0279. The van der Waals surface area contributed by atoms with Crippen molar-refractivity contribution >= 4 is 0 Å². The lowest BCUT2D eigenvalue weighted by Gasteiger charge is -2.15. The number of aromatic amines is 2. The van der Waals surface area contributed by atoms with Gasteiger partial charge in [0.2, 0.25) is 0 Å². The van der Waals surface area contributed by atoms with Crippen molar-refractivity contribution < 1.29 is 0 Å². The van der Waals surface area contributed by atoms with Crippen LogP contribution in [0.2, 0.25) is 0 Å². The molecule has 6 heteroatoms. The van der Waals surface area contributed by atoms with Crippen LogP contribution >= 0.6 is 0 Å². The number of imidazole rings is 2. The number of aromatic nitrogens is 4. The molecule has 5 rings (SSSR count). The Labute approximate surface area is 202 Å². The molecule has 1 aliphatic rings. The lowest BCUT2D eigenvalue weighted by molar-refractivity contribution is 0.434. The number of nitrogens with zero attached hydrogens (tertiary/aromatic N) is 2. The molecule has 34 heavy (non-hydrogen) atoms. The molecule has 1 fully saturated rings. The van der Waals surface area contributed by atoms with Gasteiger partial charge in [-0.1, -0.05) is 82.1 Å². The summed E-state index contributed by atoms with van der Waals surface area (Å²) in [7, 11) is 0. The summed E-state index contributed by atoms with van der Waals surface area (Å²) in [5, 5.41) is 0. The smallest absolute Gasteiger partial charge is 0.124 e. The van der Waals surface area contributed by atoms with Crippen LogP contribution in [0, 0.1) is 5.41 Å². The van der Waals surface area contributed by atoms with Gasteiger partial charge in [0.25, 0.3) is 0 Å². The van der Waals surface area contributed by atoms with Crippen LogP contribution in [0.4, 0.5) is 0 Å². The lowest BCUT2D eigenvalue weighted by Crippen LogP contribution is -2.21. The highest BCUT2D eigenvalue weighted by Crippen LogP contribution is 2.52. The predicted octanol–water partition coefficient (Wildman–Crippen LogP) is 6.20. The number of hydrogen-bond donors (Lipinski definition) is 4. The molecule has 0 bridgehead atoms. The first kappa shape index (κ1) is 23.9. The summed E-state index contributed by atoms with van der Waals surface area (Å²) in [6.45, 7) is 7.00. The van der Waals surface area contributed by atoms with E-state index in [9.17, 15) is 0 Å². The largest absolute Gasteiger partial charge is 0.341 e. The van der Waals surface area contributed by atoms with Crippen molar-refractivity contribution in [1.82, 2.24) is 19.9 Å². The van der Waals surface area contributed by atoms with Crippen molar-refractivity contribution in [3.63, 3.8) is 0 Å². The Morgan fingerprint density at radius 3 is 1.71 bits per heavy atom. The third-order valence-corrected chi connectivity index (χ3v) is 6.73. The van der Waals surface area contributed by atoms with E-state index in [-0.39, 0.29) is 11.5 Å². The van der Waals surface area contributed by atoms with Gasteiger partial charge in [0.15, 0.2) is 0 Å². The fraction of sp³-hybridized carbons (Fsp3) is 0.357. The van der Waals surface area contributed by atoms with E-state index in [1.54, 1.807) is 0 Å². The molecule has 0 radical (unpaired) electrons. The molecule has 0 saturated heterocycles. The number of nitrogens with two attached hydrogens (primary N) is 2. The maximum atomic E-state index is 6.38. The van der Waals surface area contributed by atoms with E-state index in [0.29, 0.717) is 6.54 Å². The summed E-state index contributed by atoms with van der Waals surface area (Å²) < 4.78 is 0. The van der Waals surface area contributed by atoms with E-state index >= 15 is 0 Å². The molecule has 6 N–H and O–H groups in total. The van der Waals surface area contributed by atoms with E-state index in [4.69, 9.17) is 11.5 Å². The summed E-state index contributed by atoms with van der Waals surface area (Å²) in [5.41, 5.74) is 18.7. The maximum Gasteiger partial charge on any atom is 0.124 e. The van der Waals surface area contributed by atoms with Crippen molar-refractivity contribution in [1.29, 1.82) is 0 Å². The van der Waals surface area contributed by atoms with Crippen LogP contribution in [0.3, 0.4) is 0 Å². The Hall–Kier alpha value is -3.22. The molecule has 2 aromatic heterocycles. The van der Waals surface area contributed by atoms with Gasteiger partial charge >= 0.3 is 0 Å². The third kappa shape index (κ3) is 5.29. The van der Waals surface area contributed by atoms with Gasteiger partial charge in [0.1, 0.15) is 11.6 Å². The van der Waals surface area contributed by atoms with Gasteiger partial charge < -0.3 is 21.4 Å². The second-order valence-electron chi connectivity index (χ2n) is 9.42. The van der Waals surface area contributed by atoms with E-state index in [1.165, 1.54) is 31.2 Å². The van der Waals surface area contributed by atoms with Crippen LogP contribution in [-0.4, -0.2) is 19.9 Å². The molecule has 2 heterocycles. The van der Waals surface area contributed by atoms with Crippen molar-refractivity contribution in [3.8, 4) is 33.6 Å². The standard InChI is InChI=1S/C24H26N6.C4H10/c1-24(10-11-24)22(26)23-28-14-20(30-23)18-8-4-16(5-9-18)15-2-6-17(7-3-15)19-13-27-21(12-25)29-19;1-3-4-2/h2-9,13-14,22H,10-12,25-26H2,1H3,(H,27,29)(H,28,30);3-4H2,1-2H3. The molecule has 178 valence electrons. The molecule has 4 aromatic rings. The molecule has 1 atom stereocenters. The van der Waals surface area contributed by atoms with Crippen molar-refractivity contribution in [2.45, 2.75) is 59.0 Å². The Bertz CT molecular complexity index is 1180. The Kier molecular flexibility index (Phi) is 7.29. The molecule has 0 spiro atoms. The van der Waals surface area contributed by atoms with Crippen LogP contribution in [0.1, 0.15) is 64.1 Å². The Balaban J connectivity index is 0.000000636. The minimum absolute atomic E-state index is 0.0279. The Morgan fingerprint density at radius 2 is 1.26 bits per heavy atom. The summed E-state index contributed by atoms with van der Waals surface area (Å²) in [5.74, 6) is 1.67. The number of rotatable bonds is 7. The van der Waals surface area contributed by atoms with Crippen LogP contribution in [0.15, 0.2) is 60.9 Å². The predicted molar refractivity (Wildman–Crippen MR) is 140 cm³/mol. The number of hydrogen-bond acceptors (Lipinski definition) is 4. The molecule has 1 aliphatic carbocycles. The molecule has 1 unspecified atom stereocenters. The molecule has 0 amide bonds. The fourth-order valence-electron chi connectivity index (χ4n) is 3.78. The van der Waals surface area contributed by atoms with Gasteiger partial charge in [-0.25, -0.2) is 9.97 Å².